The third-order valence-electron chi connectivity index (χ3n) is 5.77. The van der Waals surface area contributed by atoms with Crippen LogP contribution in [0.1, 0.15) is 29.2 Å². The van der Waals surface area contributed by atoms with Crippen LogP contribution in [0.2, 0.25) is 5.02 Å². The van der Waals surface area contributed by atoms with Crippen molar-refractivity contribution in [3.05, 3.63) is 70.2 Å². The molecule has 0 aromatic heterocycles. The number of likely N-dealkylation sites (N-methyl/N-ethyl adjacent to an activating group) is 1. The number of amides is 1. The summed E-state index contributed by atoms with van der Waals surface area (Å²) in [5.41, 5.74) is 4.08. The van der Waals surface area contributed by atoms with Crippen molar-refractivity contribution in [2.45, 2.75) is 19.4 Å². The fraction of sp³-hybridized carbons (Fsp3) is 0.391. The van der Waals surface area contributed by atoms with Crippen LogP contribution in [0.25, 0.3) is 0 Å². The minimum absolute atomic E-state index is 0.0437. The van der Waals surface area contributed by atoms with Crippen LogP contribution in [-0.4, -0.2) is 66.2 Å². The van der Waals surface area contributed by atoms with Gasteiger partial charge in [-0.2, -0.15) is 5.10 Å². The Morgan fingerprint density at radius 1 is 1.07 bits per heavy atom. The second-order valence-electron chi connectivity index (χ2n) is 7.97. The number of aryl methyl sites for hydroxylation is 1. The summed E-state index contributed by atoms with van der Waals surface area (Å²) in [6.07, 6.45) is 0.668. The van der Waals surface area contributed by atoms with Crippen LogP contribution < -0.4 is 0 Å². The molecule has 5 nitrogen and oxygen atoms in total. The van der Waals surface area contributed by atoms with E-state index in [1.165, 1.54) is 5.56 Å². The van der Waals surface area contributed by atoms with Crippen LogP contribution in [0.3, 0.4) is 0 Å². The molecule has 2 aliphatic heterocycles. The molecule has 0 N–H and O–H groups in total. The maximum atomic E-state index is 13.2. The van der Waals surface area contributed by atoms with Crippen molar-refractivity contribution in [1.29, 1.82) is 0 Å². The second kappa shape index (κ2) is 8.66. The number of carbonyl (C=O) groups is 1. The lowest BCUT2D eigenvalue weighted by molar-refractivity contribution is -0.134. The number of nitrogens with zero attached hydrogens (tertiary/aromatic N) is 4. The minimum Gasteiger partial charge on any atom is -0.304 e. The Bertz CT molecular complexity index is 903. The van der Waals surface area contributed by atoms with Crippen molar-refractivity contribution in [3.8, 4) is 0 Å². The topological polar surface area (TPSA) is 39.2 Å². The van der Waals surface area contributed by atoms with Crippen LogP contribution in [0, 0.1) is 6.92 Å². The maximum absolute atomic E-state index is 13.2. The van der Waals surface area contributed by atoms with Crippen LogP contribution in [-0.2, 0) is 4.79 Å². The number of carbonyl (C=O) groups excluding carboxylic acids is 1. The summed E-state index contributed by atoms with van der Waals surface area (Å²) < 4.78 is 0. The molecule has 6 heteroatoms. The third kappa shape index (κ3) is 4.53. The van der Waals surface area contributed by atoms with E-state index in [0.29, 0.717) is 18.0 Å². The van der Waals surface area contributed by atoms with Gasteiger partial charge in [0.15, 0.2) is 0 Å². The fourth-order valence-electron chi connectivity index (χ4n) is 3.92. The molecule has 2 aliphatic rings. The molecule has 2 aromatic rings. The molecule has 0 saturated carbocycles. The van der Waals surface area contributed by atoms with Crippen LogP contribution in [0.15, 0.2) is 53.6 Å². The van der Waals surface area contributed by atoms with Gasteiger partial charge < -0.3 is 4.90 Å². The lowest BCUT2D eigenvalue weighted by Crippen LogP contribution is -2.48. The van der Waals surface area contributed by atoms with Crippen LogP contribution >= 0.6 is 11.6 Å². The van der Waals surface area contributed by atoms with E-state index in [1.54, 1.807) is 5.01 Å². The average Bonchev–Trinajstić information content (AvgIpc) is 3.16. The van der Waals surface area contributed by atoms with E-state index in [-0.39, 0.29) is 11.9 Å². The van der Waals surface area contributed by atoms with Gasteiger partial charge in [0.25, 0.3) is 5.91 Å². The minimum atomic E-state index is -0.0955. The standard InChI is InChI=1S/C23H27ClN4O/c1-17-7-9-18(10-8-17)22-15-21(19-5-3-4-6-20(19)24)25-28(22)23(29)16-27-13-11-26(2)12-14-27/h3-10,22H,11-16H2,1-2H3/t22-/m1/s1. The quantitative estimate of drug-likeness (QED) is 0.773. The monoisotopic (exact) mass is 410 g/mol. The Labute approximate surface area is 177 Å². The van der Waals surface area contributed by atoms with Gasteiger partial charge in [-0.25, -0.2) is 5.01 Å². The highest BCUT2D eigenvalue weighted by Gasteiger charge is 2.34. The Kier molecular flexibility index (Phi) is 5.99. The van der Waals surface area contributed by atoms with Crippen LogP contribution in [0.5, 0.6) is 0 Å². The zero-order valence-corrected chi connectivity index (χ0v) is 17.8. The zero-order valence-electron chi connectivity index (χ0n) is 17.0. The Hall–Kier alpha value is -2.21. The van der Waals surface area contributed by atoms with E-state index in [4.69, 9.17) is 16.7 Å². The first-order valence-corrected chi connectivity index (χ1v) is 10.5. The molecule has 0 bridgehead atoms. The van der Waals surface area contributed by atoms with Gasteiger partial charge in [-0.1, -0.05) is 59.6 Å². The summed E-state index contributed by atoms with van der Waals surface area (Å²) in [5, 5.41) is 7.11. The number of piperazine rings is 1. The van der Waals surface area contributed by atoms with Gasteiger partial charge in [0.05, 0.1) is 18.3 Å². The van der Waals surface area contributed by atoms with Crippen molar-refractivity contribution in [2.75, 3.05) is 39.8 Å². The molecule has 0 aliphatic carbocycles. The van der Waals surface area contributed by atoms with Crippen molar-refractivity contribution in [2.24, 2.45) is 5.10 Å². The highest BCUT2D eigenvalue weighted by atomic mass is 35.5. The SMILES string of the molecule is Cc1ccc([C@H]2CC(c3ccccc3Cl)=NN2C(=O)CN2CCN(C)CC2)cc1. The van der Waals surface area contributed by atoms with E-state index >= 15 is 0 Å². The summed E-state index contributed by atoms with van der Waals surface area (Å²) in [5.74, 6) is 0.0437. The second-order valence-corrected chi connectivity index (χ2v) is 8.38. The summed E-state index contributed by atoms with van der Waals surface area (Å²) in [6.45, 7) is 6.26. The van der Waals surface area contributed by atoms with Crippen LogP contribution in [0.4, 0.5) is 0 Å². The summed E-state index contributed by atoms with van der Waals surface area (Å²) in [7, 11) is 2.12. The number of halogens is 1. The smallest absolute Gasteiger partial charge is 0.257 e. The molecule has 29 heavy (non-hydrogen) atoms. The molecule has 0 spiro atoms. The van der Waals surface area contributed by atoms with Gasteiger partial charge >= 0.3 is 0 Å². The molecule has 2 aromatic carbocycles. The van der Waals surface area contributed by atoms with Crippen molar-refractivity contribution in [1.82, 2.24) is 14.8 Å². The first kappa shape index (κ1) is 20.1. The Balaban J connectivity index is 1.59. The number of hydrogen-bond donors (Lipinski definition) is 0. The molecule has 1 atom stereocenters. The number of rotatable bonds is 4. The van der Waals surface area contributed by atoms with Gasteiger partial charge in [0, 0.05) is 43.2 Å². The summed E-state index contributed by atoms with van der Waals surface area (Å²) in [4.78, 5) is 17.7. The number of hydrogen-bond acceptors (Lipinski definition) is 4. The normalized spacial score (nSPS) is 20.7. The lowest BCUT2D eigenvalue weighted by Gasteiger charge is -2.33. The van der Waals surface area contributed by atoms with Gasteiger partial charge in [-0.05, 0) is 25.6 Å². The number of hydrazone groups is 1. The van der Waals surface area contributed by atoms with Crippen molar-refractivity contribution < 1.29 is 4.79 Å². The molecule has 1 fully saturated rings. The van der Waals surface area contributed by atoms with E-state index in [0.717, 1.165) is 43.0 Å². The first-order valence-electron chi connectivity index (χ1n) is 10.1. The largest absolute Gasteiger partial charge is 0.304 e. The molecule has 0 unspecified atom stereocenters. The summed E-state index contributed by atoms with van der Waals surface area (Å²) in [6, 6.07) is 16.0. The van der Waals surface area contributed by atoms with Gasteiger partial charge in [-0.3, -0.25) is 9.69 Å². The highest BCUT2D eigenvalue weighted by Crippen LogP contribution is 2.34. The predicted octanol–water partition coefficient (Wildman–Crippen LogP) is 3.57. The van der Waals surface area contributed by atoms with E-state index in [2.05, 4.69) is 48.0 Å². The summed E-state index contributed by atoms with van der Waals surface area (Å²) >= 11 is 6.42. The van der Waals surface area contributed by atoms with Crippen molar-refractivity contribution >= 4 is 23.2 Å². The molecule has 1 saturated heterocycles. The molecule has 152 valence electrons. The zero-order chi connectivity index (χ0) is 20.4. The average molecular weight is 411 g/mol. The van der Waals surface area contributed by atoms with E-state index in [9.17, 15) is 4.79 Å². The molecule has 0 radical (unpaired) electrons. The van der Waals surface area contributed by atoms with Crippen molar-refractivity contribution in [3.63, 3.8) is 0 Å². The predicted molar refractivity (Wildman–Crippen MR) is 117 cm³/mol. The van der Waals surface area contributed by atoms with E-state index in [1.807, 2.05) is 24.3 Å². The van der Waals surface area contributed by atoms with E-state index < -0.39 is 0 Å². The van der Waals surface area contributed by atoms with Gasteiger partial charge in [0.1, 0.15) is 0 Å². The fourth-order valence-corrected chi connectivity index (χ4v) is 4.16. The van der Waals surface area contributed by atoms with Gasteiger partial charge in [0.2, 0.25) is 0 Å². The molecular formula is C23H27ClN4O. The Morgan fingerprint density at radius 3 is 2.45 bits per heavy atom. The first-order chi connectivity index (χ1) is 14.0. The third-order valence-corrected chi connectivity index (χ3v) is 6.10. The highest BCUT2D eigenvalue weighted by molar-refractivity contribution is 6.34. The molecule has 1 amide bonds. The van der Waals surface area contributed by atoms with Gasteiger partial charge in [-0.15, -0.1) is 0 Å². The maximum Gasteiger partial charge on any atom is 0.257 e. The molecule has 2 heterocycles. The Morgan fingerprint density at radius 2 is 1.76 bits per heavy atom. The molecule has 4 rings (SSSR count). The molecular weight excluding hydrogens is 384 g/mol. The number of benzene rings is 2. The lowest BCUT2D eigenvalue weighted by atomic mass is 9.97.